The summed E-state index contributed by atoms with van der Waals surface area (Å²) in [5, 5.41) is 9.40. The Hall–Kier alpha value is -1.71. The van der Waals surface area contributed by atoms with Gasteiger partial charge in [-0.15, -0.1) is 0 Å². The number of benzene rings is 1. The van der Waals surface area contributed by atoms with Gasteiger partial charge in [0.1, 0.15) is 19.5 Å². The standard InChI is InChI=1S/C9H8O4/c10-5-6-3-7(11)9-8(4-6)12-1-2-13-9/h3-5,11H,1-2H2. The third kappa shape index (κ3) is 1.30. The lowest BCUT2D eigenvalue weighted by molar-refractivity contribution is 0.112. The molecule has 1 aromatic rings. The van der Waals surface area contributed by atoms with E-state index in [0.29, 0.717) is 36.6 Å². The Morgan fingerprint density at radius 3 is 2.85 bits per heavy atom. The first-order valence-corrected chi connectivity index (χ1v) is 3.89. The first-order valence-electron chi connectivity index (χ1n) is 3.89. The molecule has 0 saturated heterocycles. The lowest BCUT2D eigenvalue weighted by Gasteiger charge is -2.19. The molecule has 13 heavy (non-hydrogen) atoms. The van der Waals surface area contributed by atoms with E-state index in [1.54, 1.807) is 6.07 Å². The van der Waals surface area contributed by atoms with Crippen LogP contribution in [0, 0.1) is 0 Å². The van der Waals surface area contributed by atoms with Gasteiger partial charge in [0, 0.05) is 5.56 Å². The van der Waals surface area contributed by atoms with Crippen LogP contribution in [0.4, 0.5) is 0 Å². The summed E-state index contributed by atoms with van der Waals surface area (Å²) >= 11 is 0. The second kappa shape index (κ2) is 2.97. The molecule has 2 rings (SSSR count). The van der Waals surface area contributed by atoms with Crippen molar-refractivity contribution in [2.45, 2.75) is 0 Å². The van der Waals surface area contributed by atoms with Crippen molar-refractivity contribution in [1.29, 1.82) is 0 Å². The quantitative estimate of drug-likeness (QED) is 0.654. The van der Waals surface area contributed by atoms with Crippen molar-refractivity contribution < 1.29 is 19.4 Å². The van der Waals surface area contributed by atoms with Crippen molar-refractivity contribution >= 4 is 6.29 Å². The van der Waals surface area contributed by atoms with Gasteiger partial charge in [-0.1, -0.05) is 0 Å². The molecule has 0 bridgehead atoms. The number of hydrogen-bond donors (Lipinski definition) is 1. The van der Waals surface area contributed by atoms with Crippen molar-refractivity contribution in [1.82, 2.24) is 0 Å². The molecule has 0 amide bonds. The Bertz CT molecular complexity index is 346. The van der Waals surface area contributed by atoms with Crippen molar-refractivity contribution in [3.63, 3.8) is 0 Å². The molecular weight excluding hydrogens is 172 g/mol. The Kier molecular flexibility index (Phi) is 1.81. The number of aldehydes is 1. The Labute approximate surface area is 74.7 Å². The molecule has 1 heterocycles. The number of ether oxygens (including phenoxy) is 2. The summed E-state index contributed by atoms with van der Waals surface area (Å²) in [7, 11) is 0. The zero-order chi connectivity index (χ0) is 9.26. The Balaban J connectivity index is 2.52. The third-order valence-electron chi connectivity index (χ3n) is 1.78. The molecule has 68 valence electrons. The summed E-state index contributed by atoms with van der Waals surface area (Å²) in [6.45, 7) is 0.857. The highest BCUT2D eigenvalue weighted by molar-refractivity contribution is 5.78. The predicted octanol–water partition coefficient (Wildman–Crippen LogP) is 0.976. The number of phenols is 1. The molecule has 0 spiro atoms. The van der Waals surface area contributed by atoms with Crippen molar-refractivity contribution in [3.8, 4) is 17.2 Å². The predicted molar refractivity (Wildman–Crippen MR) is 44.5 cm³/mol. The van der Waals surface area contributed by atoms with E-state index in [1.165, 1.54) is 6.07 Å². The largest absolute Gasteiger partial charge is 0.504 e. The van der Waals surface area contributed by atoms with Gasteiger partial charge in [-0.25, -0.2) is 0 Å². The van der Waals surface area contributed by atoms with Crippen LogP contribution in [0.25, 0.3) is 0 Å². The van der Waals surface area contributed by atoms with Crippen LogP contribution in [-0.4, -0.2) is 24.6 Å². The summed E-state index contributed by atoms with van der Waals surface area (Å²) in [6.07, 6.45) is 0.651. The van der Waals surface area contributed by atoms with Crippen LogP contribution in [0.1, 0.15) is 10.4 Å². The van der Waals surface area contributed by atoms with Gasteiger partial charge in [-0.05, 0) is 12.1 Å². The number of rotatable bonds is 1. The fourth-order valence-corrected chi connectivity index (χ4v) is 1.22. The molecule has 1 aromatic carbocycles. The zero-order valence-corrected chi connectivity index (χ0v) is 6.82. The fourth-order valence-electron chi connectivity index (χ4n) is 1.22. The summed E-state index contributed by atoms with van der Waals surface area (Å²) < 4.78 is 10.4. The van der Waals surface area contributed by atoms with Crippen LogP contribution in [0.5, 0.6) is 17.2 Å². The molecular formula is C9H8O4. The fraction of sp³-hybridized carbons (Fsp3) is 0.222. The molecule has 0 radical (unpaired) electrons. The van der Waals surface area contributed by atoms with E-state index in [1.807, 2.05) is 0 Å². The van der Waals surface area contributed by atoms with E-state index in [0.717, 1.165) is 0 Å². The maximum absolute atomic E-state index is 10.4. The average Bonchev–Trinajstić information content (AvgIpc) is 2.18. The molecule has 0 aliphatic carbocycles. The van der Waals surface area contributed by atoms with Crippen molar-refractivity contribution in [3.05, 3.63) is 17.7 Å². The number of carbonyl (C=O) groups is 1. The SMILES string of the molecule is O=Cc1cc(O)c2c(c1)OCCO2. The first kappa shape index (κ1) is 7.91. The topological polar surface area (TPSA) is 55.8 Å². The minimum atomic E-state index is -0.0562. The van der Waals surface area contributed by atoms with Gasteiger partial charge in [-0.3, -0.25) is 4.79 Å². The Morgan fingerprint density at radius 2 is 2.08 bits per heavy atom. The number of fused-ring (bicyclic) bond motifs is 1. The maximum atomic E-state index is 10.4. The van der Waals surface area contributed by atoms with Crippen LogP contribution in [-0.2, 0) is 0 Å². The van der Waals surface area contributed by atoms with E-state index in [9.17, 15) is 9.90 Å². The smallest absolute Gasteiger partial charge is 0.203 e. The molecule has 0 unspecified atom stereocenters. The lowest BCUT2D eigenvalue weighted by atomic mass is 10.2. The number of hydrogen-bond acceptors (Lipinski definition) is 4. The van der Waals surface area contributed by atoms with E-state index in [2.05, 4.69) is 0 Å². The van der Waals surface area contributed by atoms with Gasteiger partial charge in [0.25, 0.3) is 0 Å². The molecule has 1 aliphatic rings. The minimum absolute atomic E-state index is 0.0562. The zero-order valence-electron chi connectivity index (χ0n) is 6.82. The van der Waals surface area contributed by atoms with Crippen LogP contribution >= 0.6 is 0 Å². The third-order valence-corrected chi connectivity index (χ3v) is 1.78. The van der Waals surface area contributed by atoms with E-state index in [4.69, 9.17) is 9.47 Å². The normalized spacial score (nSPS) is 13.8. The Morgan fingerprint density at radius 1 is 1.31 bits per heavy atom. The monoisotopic (exact) mass is 180 g/mol. The second-order valence-corrected chi connectivity index (χ2v) is 2.68. The van der Waals surface area contributed by atoms with Gasteiger partial charge in [0.2, 0.25) is 5.75 Å². The van der Waals surface area contributed by atoms with Gasteiger partial charge < -0.3 is 14.6 Å². The van der Waals surface area contributed by atoms with Crippen LogP contribution in [0.3, 0.4) is 0 Å². The molecule has 1 aliphatic heterocycles. The molecule has 0 fully saturated rings. The van der Waals surface area contributed by atoms with E-state index < -0.39 is 0 Å². The second-order valence-electron chi connectivity index (χ2n) is 2.68. The van der Waals surface area contributed by atoms with Gasteiger partial charge >= 0.3 is 0 Å². The van der Waals surface area contributed by atoms with Crippen molar-refractivity contribution in [2.75, 3.05) is 13.2 Å². The van der Waals surface area contributed by atoms with Crippen molar-refractivity contribution in [2.24, 2.45) is 0 Å². The van der Waals surface area contributed by atoms with E-state index in [-0.39, 0.29) is 5.75 Å². The summed E-state index contributed by atoms with van der Waals surface area (Å²) in [5.74, 6) is 0.685. The number of carbonyl (C=O) groups excluding carboxylic acids is 1. The van der Waals surface area contributed by atoms with Gasteiger partial charge in [0.05, 0.1) is 0 Å². The minimum Gasteiger partial charge on any atom is -0.504 e. The highest BCUT2D eigenvalue weighted by Gasteiger charge is 2.16. The molecule has 0 aromatic heterocycles. The summed E-state index contributed by atoms with van der Waals surface area (Å²) in [6, 6.07) is 2.89. The molecule has 0 atom stereocenters. The van der Waals surface area contributed by atoms with Gasteiger partial charge in [-0.2, -0.15) is 0 Å². The van der Waals surface area contributed by atoms with Crippen LogP contribution in [0.2, 0.25) is 0 Å². The average molecular weight is 180 g/mol. The van der Waals surface area contributed by atoms with Gasteiger partial charge in [0.15, 0.2) is 11.5 Å². The highest BCUT2D eigenvalue weighted by atomic mass is 16.6. The summed E-state index contributed by atoms with van der Waals surface area (Å²) in [4.78, 5) is 10.4. The van der Waals surface area contributed by atoms with E-state index >= 15 is 0 Å². The molecule has 0 saturated carbocycles. The summed E-state index contributed by atoms with van der Waals surface area (Å²) in [5.41, 5.74) is 0.377. The molecule has 4 nitrogen and oxygen atoms in total. The molecule has 4 heteroatoms. The molecule has 1 N–H and O–H groups in total. The first-order chi connectivity index (χ1) is 6.31. The highest BCUT2D eigenvalue weighted by Crippen LogP contribution is 2.39. The van der Waals surface area contributed by atoms with Crippen LogP contribution in [0.15, 0.2) is 12.1 Å². The van der Waals surface area contributed by atoms with Crippen LogP contribution < -0.4 is 9.47 Å². The maximum Gasteiger partial charge on any atom is 0.203 e. The lowest BCUT2D eigenvalue weighted by Crippen LogP contribution is -2.15. The number of phenolic OH excluding ortho intramolecular Hbond substituents is 1. The number of aromatic hydroxyl groups is 1.